The van der Waals surface area contributed by atoms with E-state index in [9.17, 15) is 9.59 Å². The van der Waals surface area contributed by atoms with Gasteiger partial charge in [-0.1, -0.05) is 11.6 Å². The number of anilines is 2. The maximum Gasteiger partial charge on any atom is 0.337 e. The number of methoxy groups -OCH3 is 1. The zero-order valence-corrected chi connectivity index (χ0v) is 15.4. The zero-order valence-electron chi connectivity index (χ0n) is 14.7. The predicted octanol–water partition coefficient (Wildman–Crippen LogP) is 3.54. The van der Waals surface area contributed by atoms with Crippen molar-refractivity contribution >= 4 is 34.9 Å². The van der Waals surface area contributed by atoms with Crippen molar-refractivity contribution in [2.75, 3.05) is 18.2 Å². The molecule has 0 fully saturated rings. The first-order chi connectivity index (χ1) is 13.5. The molecule has 1 aromatic carbocycles. The highest BCUT2D eigenvalue weighted by molar-refractivity contribution is 6.29. The number of nitrogens with zero attached hydrogens (tertiary/aromatic N) is 2. The Balaban J connectivity index is 1.65. The van der Waals surface area contributed by atoms with Crippen LogP contribution in [0.4, 0.5) is 11.4 Å². The molecule has 3 aromatic rings. The number of nitrogens with one attached hydrogen (secondary N) is 1. The number of nitrogens with two attached hydrogens (primary N) is 1. The van der Waals surface area contributed by atoms with Gasteiger partial charge in [0.05, 0.1) is 30.2 Å². The number of pyridine rings is 2. The van der Waals surface area contributed by atoms with Crippen LogP contribution in [0.15, 0.2) is 54.7 Å². The second-order valence-corrected chi connectivity index (χ2v) is 5.92. The van der Waals surface area contributed by atoms with Gasteiger partial charge >= 0.3 is 5.97 Å². The summed E-state index contributed by atoms with van der Waals surface area (Å²) in [5.41, 5.74) is 6.83. The van der Waals surface area contributed by atoms with Crippen molar-refractivity contribution in [2.45, 2.75) is 0 Å². The highest BCUT2D eigenvalue weighted by atomic mass is 35.5. The van der Waals surface area contributed by atoms with Crippen LogP contribution in [0.3, 0.4) is 0 Å². The smallest absolute Gasteiger partial charge is 0.337 e. The molecular formula is C19H15ClN4O4. The molecule has 2 heterocycles. The largest absolute Gasteiger partial charge is 0.465 e. The van der Waals surface area contributed by atoms with Crippen molar-refractivity contribution in [3.63, 3.8) is 0 Å². The summed E-state index contributed by atoms with van der Waals surface area (Å²) in [5.74, 6) is -0.134. The third-order valence-corrected chi connectivity index (χ3v) is 3.81. The van der Waals surface area contributed by atoms with E-state index < -0.39 is 11.9 Å². The van der Waals surface area contributed by atoms with Crippen molar-refractivity contribution < 1.29 is 19.1 Å². The van der Waals surface area contributed by atoms with Gasteiger partial charge in [0.2, 0.25) is 5.88 Å². The Bertz CT molecular complexity index is 1010. The first kappa shape index (κ1) is 19.1. The van der Waals surface area contributed by atoms with E-state index >= 15 is 0 Å². The van der Waals surface area contributed by atoms with Crippen LogP contribution in [-0.2, 0) is 4.74 Å². The second-order valence-electron chi connectivity index (χ2n) is 5.53. The fourth-order valence-electron chi connectivity index (χ4n) is 2.23. The van der Waals surface area contributed by atoms with Crippen LogP contribution in [0.25, 0.3) is 0 Å². The minimum Gasteiger partial charge on any atom is -0.465 e. The summed E-state index contributed by atoms with van der Waals surface area (Å²) in [6.07, 6.45) is 1.43. The Morgan fingerprint density at radius 3 is 2.46 bits per heavy atom. The number of nitrogen functional groups attached to an aromatic ring is 1. The van der Waals surface area contributed by atoms with Gasteiger partial charge in [0, 0.05) is 6.07 Å². The van der Waals surface area contributed by atoms with Gasteiger partial charge in [0.25, 0.3) is 5.91 Å². The Kier molecular flexibility index (Phi) is 5.71. The molecule has 3 rings (SSSR count). The summed E-state index contributed by atoms with van der Waals surface area (Å²) in [6.45, 7) is 0. The van der Waals surface area contributed by atoms with Crippen LogP contribution < -0.4 is 15.8 Å². The third-order valence-electron chi connectivity index (χ3n) is 3.60. The quantitative estimate of drug-likeness (QED) is 0.498. The Labute approximate surface area is 165 Å². The number of rotatable bonds is 5. The number of hydrogen-bond donors (Lipinski definition) is 2. The zero-order chi connectivity index (χ0) is 20.1. The molecule has 0 saturated carbocycles. The topological polar surface area (TPSA) is 116 Å². The average Bonchev–Trinajstić information content (AvgIpc) is 2.71. The van der Waals surface area contributed by atoms with Crippen molar-refractivity contribution in [1.82, 2.24) is 9.97 Å². The van der Waals surface area contributed by atoms with Crippen LogP contribution in [0.1, 0.15) is 20.8 Å². The van der Waals surface area contributed by atoms with Crippen LogP contribution in [-0.4, -0.2) is 29.0 Å². The maximum absolute atomic E-state index is 12.3. The molecular weight excluding hydrogens is 384 g/mol. The minimum absolute atomic E-state index is 0.0264. The van der Waals surface area contributed by atoms with Gasteiger partial charge in [-0.2, -0.15) is 0 Å². The van der Waals surface area contributed by atoms with E-state index in [2.05, 4.69) is 20.0 Å². The number of aromatic nitrogens is 2. The van der Waals surface area contributed by atoms with Crippen LogP contribution >= 0.6 is 11.6 Å². The molecule has 3 N–H and O–H groups in total. The van der Waals surface area contributed by atoms with Crippen LogP contribution in [0, 0.1) is 0 Å². The standard InChI is InChI=1S/C19H15ClN4O4/c1-27-19(26)11-2-5-13(6-3-11)28-16-9-4-12(10-22-16)23-18(25)17-14(21)7-8-15(20)24-17/h2-10H,21H2,1H3,(H,23,25). The van der Waals surface area contributed by atoms with Gasteiger partial charge in [-0.15, -0.1) is 0 Å². The lowest BCUT2D eigenvalue weighted by Crippen LogP contribution is -2.16. The van der Waals surface area contributed by atoms with E-state index in [1.54, 1.807) is 36.4 Å². The van der Waals surface area contributed by atoms with E-state index in [0.717, 1.165) is 0 Å². The summed E-state index contributed by atoms with van der Waals surface area (Å²) >= 11 is 5.80. The molecule has 2 aromatic heterocycles. The van der Waals surface area contributed by atoms with Gasteiger partial charge in [-0.3, -0.25) is 4.79 Å². The molecule has 0 saturated heterocycles. The summed E-state index contributed by atoms with van der Waals surface area (Å²) < 4.78 is 10.2. The van der Waals surface area contributed by atoms with Crippen molar-refractivity contribution in [3.8, 4) is 11.6 Å². The van der Waals surface area contributed by atoms with Gasteiger partial charge < -0.3 is 20.5 Å². The van der Waals surface area contributed by atoms with Crippen molar-refractivity contribution in [2.24, 2.45) is 0 Å². The van der Waals surface area contributed by atoms with E-state index in [0.29, 0.717) is 22.9 Å². The molecule has 0 aliphatic carbocycles. The fourth-order valence-corrected chi connectivity index (χ4v) is 2.38. The normalized spacial score (nSPS) is 10.2. The lowest BCUT2D eigenvalue weighted by atomic mass is 10.2. The highest BCUT2D eigenvalue weighted by Crippen LogP contribution is 2.22. The molecule has 0 aliphatic rings. The fraction of sp³-hybridized carbons (Fsp3) is 0.0526. The number of carbonyl (C=O) groups is 2. The first-order valence-corrected chi connectivity index (χ1v) is 8.39. The molecule has 1 amide bonds. The molecule has 142 valence electrons. The molecule has 0 aliphatic heterocycles. The SMILES string of the molecule is COC(=O)c1ccc(Oc2ccc(NC(=O)c3nc(Cl)ccc3N)cn2)cc1. The predicted molar refractivity (Wildman–Crippen MR) is 104 cm³/mol. The van der Waals surface area contributed by atoms with Crippen LogP contribution in [0.2, 0.25) is 5.15 Å². The van der Waals surface area contributed by atoms with E-state index in [-0.39, 0.29) is 16.5 Å². The number of ether oxygens (including phenoxy) is 2. The maximum atomic E-state index is 12.3. The van der Waals surface area contributed by atoms with E-state index in [1.807, 2.05) is 0 Å². The molecule has 8 nitrogen and oxygen atoms in total. The number of esters is 1. The Morgan fingerprint density at radius 1 is 1.07 bits per heavy atom. The van der Waals surface area contributed by atoms with E-state index in [1.165, 1.54) is 25.4 Å². The third kappa shape index (κ3) is 4.54. The van der Waals surface area contributed by atoms with Crippen molar-refractivity contribution in [1.29, 1.82) is 0 Å². The summed E-state index contributed by atoms with van der Waals surface area (Å²) in [4.78, 5) is 31.7. The first-order valence-electron chi connectivity index (χ1n) is 8.02. The molecule has 0 unspecified atom stereocenters. The van der Waals surface area contributed by atoms with Gasteiger partial charge in [0.15, 0.2) is 5.69 Å². The number of benzene rings is 1. The van der Waals surface area contributed by atoms with E-state index in [4.69, 9.17) is 22.1 Å². The Hall–Kier alpha value is -3.65. The number of carbonyl (C=O) groups excluding carboxylic acids is 2. The summed E-state index contributed by atoms with van der Waals surface area (Å²) in [5, 5.41) is 2.80. The minimum atomic E-state index is -0.506. The number of amides is 1. The molecule has 0 bridgehead atoms. The monoisotopic (exact) mass is 398 g/mol. The number of hydrogen-bond acceptors (Lipinski definition) is 7. The van der Waals surface area contributed by atoms with Gasteiger partial charge in [-0.25, -0.2) is 14.8 Å². The molecule has 0 atom stereocenters. The molecule has 9 heteroatoms. The number of halogens is 1. The second kappa shape index (κ2) is 8.36. The van der Waals surface area contributed by atoms with Gasteiger partial charge in [-0.05, 0) is 42.5 Å². The molecule has 0 spiro atoms. The molecule has 0 radical (unpaired) electrons. The van der Waals surface area contributed by atoms with Crippen LogP contribution in [0.5, 0.6) is 11.6 Å². The summed E-state index contributed by atoms with van der Waals surface area (Å²) in [7, 11) is 1.31. The molecule has 28 heavy (non-hydrogen) atoms. The van der Waals surface area contributed by atoms with Gasteiger partial charge in [0.1, 0.15) is 10.9 Å². The average molecular weight is 399 g/mol. The highest BCUT2D eigenvalue weighted by Gasteiger charge is 2.13. The summed E-state index contributed by atoms with van der Waals surface area (Å²) in [6, 6.07) is 12.6. The lowest BCUT2D eigenvalue weighted by Gasteiger charge is -2.08. The van der Waals surface area contributed by atoms with Crippen molar-refractivity contribution in [3.05, 3.63) is 71.1 Å². The lowest BCUT2D eigenvalue weighted by molar-refractivity contribution is 0.0600. The Morgan fingerprint density at radius 2 is 1.82 bits per heavy atom.